The molecule has 4 rings (SSSR count). The second-order valence-corrected chi connectivity index (χ2v) is 7.73. The average molecular weight is 487 g/mol. The third-order valence-electron chi connectivity index (χ3n) is 4.68. The van der Waals surface area contributed by atoms with Gasteiger partial charge in [0.05, 0.1) is 24.0 Å². The quantitative estimate of drug-likeness (QED) is 0.404. The number of hydrogen-bond donors (Lipinski definition) is 4. The molecule has 1 saturated heterocycles. The minimum absolute atomic E-state index is 0.119. The van der Waals surface area contributed by atoms with E-state index < -0.39 is 0 Å². The zero-order valence-electron chi connectivity index (χ0n) is 16.8. The molecule has 1 aliphatic heterocycles. The van der Waals surface area contributed by atoms with Gasteiger partial charge in [-0.15, -0.1) is 0 Å². The van der Waals surface area contributed by atoms with Gasteiger partial charge in [-0.2, -0.15) is 4.98 Å². The number of benzene rings is 1. The van der Waals surface area contributed by atoms with E-state index in [1.807, 2.05) is 24.3 Å². The van der Waals surface area contributed by atoms with Crippen LogP contribution in [-0.2, 0) is 11.2 Å². The van der Waals surface area contributed by atoms with Crippen molar-refractivity contribution in [1.29, 1.82) is 0 Å². The zero-order valence-corrected chi connectivity index (χ0v) is 18.4. The Morgan fingerprint density at radius 1 is 1.16 bits per heavy atom. The van der Waals surface area contributed by atoms with Gasteiger partial charge in [-0.25, -0.2) is 14.8 Å². The van der Waals surface area contributed by atoms with E-state index in [1.165, 1.54) is 0 Å². The minimum atomic E-state index is -0.119. The van der Waals surface area contributed by atoms with Crippen LogP contribution in [0.3, 0.4) is 0 Å². The molecule has 1 fully saturated rings. The van der Waals surface area contributed by atoms with Gasteiger partial charge in [-0.05, 0) is 40.2 Å². The van der Waals surface area contributed by atoms with E-state index in [4.69, 9.17) is 4.74 Å². The molecule has 0 atom stereocenters. The van der Waals surface area contributed by atoms with Crippen molar-refractivity contribution in [2.45, 2.75) is 6.42 Å². The van der Waals surface area contributed by atoms with Crippen LogP contribution in [0.4, 0.5) is 27.9 Å². The standard InChI is InChI=1S/C20H23BrN8O2/c21-17-12-24-19(28-18(17)23-6-5-16-11-22-13-25-16)26-14-1-3-15(4-2-14)27-20(30)29-7-9-31-10-8-29/h1-4,11-13H,5-10H2,(H,22,25)(H,27,30)(H2,23,24,26,28). The summed E-state index contributed by atoms with van der Waals surface area (Å²) in [5, 5.41) is 9.38. The van der Waals surface area contributed by atoms with Crippen molar-refractivity contribution in [2.75, 3.05) is 48.8 Å². The normalized spacial score (nSPS) is 13.6. The molecule has 1 aliphatic rings. The number of morpholine rings is 1. The number of urea groups is 1. The molecule has 0 bridgehead atoms. The summed E-state index contributed by atoms with van der Waals surface area (Å²) < 4.78 is 6.05. The Morgan fingerprint density at radius 3 is 2.68 bits per heavy atom. The molecule has 3 aromatic rings. The number of amides is 2. The van der Waals surface area contributed by atoms with Gasteiger partial charge in [-0.3, -0.25) is 0 Å². The van der Waals surface area contributed by atoms with E-state index in [2.05, 4.69) is 51.8 Å². The summed E-state index contributed by atoms with van der Waals surface area (Å²) in [6.45, 7) is 3.05. The lowest BCUT2D eigenvalue weighted by Gasteiger charge is -2.26. The van der Waals surface area contributed by atoms with E-state index in [0.29, 0.717) is 44.6 Å². The fourth-order valence-electron chi connectivity index (χ4n) is 3.02. The number of H-pyrrole nitrogens is 1. The number of aromatic nitrogens is 4. The average Bonchev–Trinajstić information content (AvgIpc) is 3.31. The number of ether oxygens (including phenoxy) is 1. The van der Waals surface area contributed by atoms with Gasteiger partial charge in [0.2, 0.25) is 5.95 Å². The maximum absolute atomic E-state index is 12.3. The summed E-state index contributed by atoms with van der Waals surface area (Å²) in [5.41, 5.74) is 2.59. The molecule has 2 amide bonds. The number of anilines is 4. The van der Waals surface area contributed by atoms with E-state index in [9.17, 15) is 4.79 Å². The van der Waals surface area contributed by atoms with E-state index in [0.717, 1.165) is 28.0 Å². The Kier molecular flexibility index (Phi) is 6.95. The lowest BCUT2D eigenvalue weighted by molar-refractivity contribution is 0.0564. The topological polar surface area (TPSA) is 120 Å². The minimum Gasteiger partial charge on any atom is -0.378 e. The summed E-state index contributed by atoms with van der Waals surface area (Å²) in [7, 11) is 0. The highest BCUT2D eigenvalue weighted by Gasteiger charge is 2.16. The fraction of sp³-hybridized carbons (Fsp3) is 0.300. The third-order valence-corrected chi connectivity index (χ3v) is 5.26. The van der Waals surface area contributed by atoms with Crippen LogP contribution in [0.1, 0.15) is 5.69 Å². The first-order valence-electron chi connectivity index (χ1n) is 9.92. The van der Waals surface area contributed by atoms with E-state index in [-0.39, 0.29) is 6.03 Å². The van der Waals surface area contributed by atoms with Crippen molar-refractivity contribution in [3.8, 4) is 0 Å². The molecule has 11 heteroatoms. The molecular formula is C20H23BrN8O2. The molecule has 4 N–H and O–H groups in total. The maximum atomic E-state index is 12.3. The number of halogens is 1. The molecule has 0 saturated carbocycles. The summed E-state index contributed by atoms with van der Waals surface area (Å²) in [5.74, 6) is 1.17. The van der Waals surface area contributed by atoms with Crippen molar-refractivity contribution < 1.29 is 9.53 Å². The number of imidazole rings is 1. The van der Waals surface area contributed by atoms with Crippen LogP contribution in [0.25, 0.3) is 0 Å². The predicted octanol–water partition coefficient (Wildman–Crippen LogP) is 3.22. The Morgan fingerprint density at radius 2 is 1.94 bits per heavy atom. The first-order valence-corrected chi connectivity index (χ1v) is 10.7. The summed E-state index contributed by atoms with van der Waals surface area (Å²) in [4.78, 5) is 29.9. The van der Waals surface area contributed by atoms with Crippen molar-refractivity contribution in [3.63, 3.8) is 0 Å². The third kappa shape index (κ3) is 5.92. The number of rotatable bonds is 7. The molecule has 1 aromatic carbocycles. The highest BCUT2D eigenvalue weighted by Crippen LogP contribution is 2.23. The maximum Gasteiger partial charge on any atom is 0.321 e. The van der Waals surface area contributed by atoms with Gasteiger partial charge in [0.25, 0.3) is 0 Å². The molecule has 0 spiro atoms. The second kappa shape index (κ2) is 10.2. The fourth-order valence-corrected chi connectivity index (χ4v) is 3.35. The molecule has 10 nitrogen and oxygen atoms in total. The number of nitrogens with zero attached hydrogens (tertiary/aromatic N) is 4. The van der Waals surface area contributed by atoms with Gasteiger partial charge >= 0.3 is 6.03 Å². The number of carbonyl (C=O) groups excluding carboxylic acids is 1. The summed E-state index contributed by atoms with van der Waals surface area (Å²) in [6.07, 6.45) is 5.97. The Balaban J connectivity index is 1.32. The summed E-state index contributed by atoms with van der Waals surface area (Å²) in [6, 6.07) is 7.29. The molecule has 0 radical (unpaired) electrons. The molecule has 31 heavy (non-hydrogen) atoms. The monoisotopic (exact) mass is 486 g/mol. The van der Waals surface area contributed by atoms with Crippen molar-refractivity contribution >= 4 is 45.1 Å². The van der Waals surface area contributed by atoms with Crippen LogP contribution in [0.5, 0.6) is 0 Å². The van der Waals surface area contributed by atoms with Gasteiger partial charge < -0.3 is 30.6 Å². The highest BCUT2D eigenvalue weighted by molar-refractivity contribution is 9.10. The molecular weight excluding hydrogens is 464 g/mol. The smallest absolute Gasteiger partial charge is 0.321 e. The summed E-state index contributed by atoms with van der Waals surface area (Å²) >= 11 is 3.47. The van der Waals surface area contributed by atoms with Crippen LogP contribution in [0.2, 0.25) is 0 Å². The zero-order chi connectivity index (χ0) is 21.5. The number of hydrogen-bond acceptors (Lipinski definition) is 7. The lowest BCUT2D eigenvalue weighted by atomic mass is 10.3. The first kappa shape index (κ1) is 21.1. The van der Waals surface area contributed by atoms with Crippen LogP contribution in [0.15, 0.2) is 47.5 Å². The molecule has 162 valence electrons. The van der Waals surface area contributed by atoms with Crippen LogP contribution in [-0.4, -0.2) is 63.7 Å². The van der Waals surface area contributed by atoms with Crippen molar-refractivity contribution in [1.82, 2.24) is 24.8 Å². The van der Waals surface area contributed by atoms with E-state index in [1.54, 1.807) is 23.6 Å². The second-order valence-electron chi connectivity index (χ2n) is 6.88. The SMILES string of the molecule is O=C(Nc1ccc(Nc2ncc(Br)c(NCCc3cnc[nH]3)n2)cc1)N1CCOCC1. The molecule has 0 unspecified atom stereocenters. The number of carbonyl (C=O) groups is 1. The largest absolute Gasteiger partial charge is 0.378 e. The van der Waals surface area contributed by atoms with Crippen LogP contribution in [0, 0.1) is 0 Å². The highest BCUT2D eigenvalue weighted by atomic mass is 79.9. The van der Waals surface area contributed by atoms with Crippen molar-refractivity contribution in [2.24, 2.45) is 0 Å². The Hall–Kier alpha value is -3.18. The van der Waals surface area contributed by atoms with Gasteiger partial charge in [0, 0.05) is 55.5 Å². The predicted molar refractivity (Wildman–Crippen MR) is 122 cm³/mol. The van der Waals surface area contributed by atoms with Gasteiger partial charge in [0.1, 0.15) is 5.82 Å². The first-order chi connectivity index (χ1) is 15.2. The molecule has 2 aromatic heterocycles. The van der Waals surface area contributed by atoms with Crippen LogP contribution >= 0.6 is 15.9 Å². The number of aromatic amines is 1. The lowest BCUT2D eigenvalue weighted by Crippen LogP contribution is -2.43. The number of nitrogens with one attached hydrogen (secondary N) is 4. The van der Waals surface area contributed by atoms with Crippen LogP contribution < -0.4 is 16.0 Å². The van der Waals surface area contributed by atoms with Gasteiger partial charge in [-0.1, -0.05) is 0 Å². The Labute approximate surface area is 188 Å². The van der Waals surface area contributed by atoms with E-state index >= 15 is 0 Å². The Bertz CT molecular complexity index is 991. The van der Waals surface area contributed by atoms with Gasteiger partial charge in [0.15, 0.2) is 0 Å². The van der Waals surface area contributed by atoms with Crippen molar-refractivity contribution in [3.05, 3.63) is 53.2 Å². The molecule has 0 aliphatic carbocycles. The molecule has 3 heterocycles.